The third-order valence-corrected chi connectivity index (χ3v) is 2.98. The Morgan fingerprint density at radius 2 is 1.64 bits per heavy atom. The van der Waals surface area contributed by atoms with E-state index in [1.165, 1.54) is 12.1 Å². The smallest absolute Gasteiger partial charge is 0.339 e. The maximum atomic E-state index is 12.0. The topological polar surface area (TPSA) is 72.8 Å². The zero-order chi connectivity index (χ0) is 15.9. The lowest BCUT2D eigenvalue weighted by atomic mass is 10.1. The number of aromatic carboxylic acids is 1. The van der Waals surface area contributed by atoms with Gasteiger partial charge in [-0.2, -0.15) is 0 Å². The fourth-order valence-corrected chi connectivity index (χ4v) is 1.92. The Kier molecular flexibility index (Phi) is 5.14. The van der Waals surface area contributed by atoms with Gasteiger partial charge in [0.05, 0.1) is 17.7 Å². The van der Waals surface area contributed by atoms with Crippen LogP contribution in [0.4, 0.5) is 0 Å². The molecule has 0 aliphatic carbocycles. The summed E-state index contributed by atoms with van der Waals surface area (Å²) in [5, 5.41) is 9.06. The average molecular weight is 300 g/mol. The Balaban J connectivity index is 2.02. The summed E-state index contributed by atoms with van der Waals surface area (Å²) in [7, 11) is 0. The molecule has 22 heavy (non-hydrogen) atoms. The molecule has 0 radical (unpaired) electrons. The van der Waals surface area contributed by atoms with Crippen molar-refractivity contribution in [3.8, 4) is 5.75 Å². The molecule has 2 aromatic rings. The summed E-state index contributed by atoms with van der Waals surface area (Å²) in [6.45, 7) is 2.55. The Morgan fingerprint density at radius 1 is 1.00 bits per heavy atom. The van der Waals surface area contributed by atoms with E-state index in [4.69, 9.17) is 14.6 Å². The Bertz CT molecular complexity index is 661. The lowest BCUT2D eigenvalue weighted by Gasteiger charge is -2.08. The summed E-state index contributed by atoms with van der Waals surface area (Å²) in [5.74, 6) is -1.07. The van der Waals surface area contributed by atoms with Crippen LogP contribution in [-0.4, -0.2) is 23.7 Å². The number of hydrogen-bond donors (Lipinski definition) is 1. The molecule has 0 aliphatic heterocycles. The molecule has 5 heteroatoms. The Labute approximate surface area is 128 Å². The van der Waals surface area contributed by atoms with Crippen LogP contribution in [0.2, 0.25) is 0 Å². The van der Waals surface area contributed by atoms with Gasteiger partial charge in [0, 0.05) is 0 Å². The summed E-state index contributed by atoms with van der Waals surface area (Å²) < 4.78 is 10.5. The third kappa shape index (κ3) is 3.85. The first-order chi connectivity index (χ1) is 10.6. The minimum atomic E-state index is -1.16. The minimum Gasteiger partial charge on any atom is -0.494 e. The standard InChI is InChI=1S/C17H16O5/c1-2-21-13-9-7-12(8-10-13)11-22-17(20)15-6-4-3-5-14(15)16(18)19/h3-10H,2,11H2,1H3,(H,18,19). The first kappa shape index (κ1) is 15.6. The number of carbonyl (C=O) groups excluding carboxylic acids is 1. The highest BCUT2D eigenvalue weighted by atomic mass is 16.5. The van der Waals surface area contributed by atoms with Crippen LogP contribution >= 0.6 is 0 Å². The summed E-state index contributed by atoms with van der Waals surface area (Å²) in [5.41, 5.74) is 0.768. The van der Waals surface area contributed by atoms with E-state index in [2.05, 4.69) is 0 Å². The maximum absolute atomic E-state index is 12.0. The molecule has 114 valence electrons. The SMILES string of the molecule is CCOc1ccc(COC(=O)c2ccccc2C(=O)O)cc1. The third-order valence-electron chi connectivity index (χ3n) is 2.98. The lowest BCUT2D eigenvalue weighted by Crippen LogP contribution is -2.11. The van der Waals surface area contributed by atoms with Crippen molar-refractivity contribution in [2.24, 2.45) is 0 Å². The zero-order valence-corrected chi connectivity index (χ0v) is 12.1. The number of benzene rings is 2. The van der Waals surface area contributed by atoms with Gasteiger partial charge < -0.3 is 14.6 Å². The molecule has 0 unspecified atom stereocenters. The van der Waals surface area contributed by atoms with Gasteiger partial charge in [0.1, 0.15) is 12.4 Å². The molecule has 0 bridgehead atoms. The van der Waals surface area contributed by atoms with Gasteiger partial charge in [-0.25, -0.2) is 9.59 Å². The summed E-state index contributed by atoms with van der Waals surface area (Å²) in [4.78, 5) is 23.1. The number of carbonyl (C=O) groups is 2. The highest BCUT2D eigenvalue weighted by Crippen LogP contribution is 2.15. The molecule has 0 aromatic heterocycles. The number of carboxylic acid groups (broad SMARTS) is 1. The molecule has 0 amide bonds. The van der Waals surface area contributed by atoms with Crippen molar-refractivity contribution in [2.75, 3.05) is 6.61 Å². The fraction of sp³-hybridized carbons (Fsp3) is 0.176. The van der Waals surface area contributed by atoms with Gasteiger partial charge in [-0.05, 0) is 36.8 Å². The predicted octanol–water partition coefficient (Wildman–Crippen LogP) is 3.14. The van der Waals surface area contributed by atoms with E-state index in [9.17, 15) is 9.59 Å². The minimum absolute atomic E-state index is 0.0425. The summed E-state index contributed by atoms with van der Waals surface area (Å²) in [6.07, 6.45) is 0. The number of rotatable bonds is 6. The molecule has 2 rings (SSSR count). The molecule has 0 spiro atoms. The molecule has 0 saturated heterocycles. The molecule has 0 fully saturated rings. The van der Waals surface area contributed by atoms with Gasteiger partial charge in [0.2, 0.25) is 0 Å². The quantitative estimate of drug-likeness (QED) is 0.830. The van der Waals surface area contributed by atoms with E-state index in [1.54, 1.807) is 36.4 Å². The molecule has 1 N–H and O–H groups in total. The predicted molar refractivity (Wildman–Crippen MR) is 80.1 cm³/mol. The van der Waals surface area contributed by atoms with Crippen molar-refractivity contribution in [1.82, 2.24) is 0 Å². The Morgan fingerprint density at radius 3 is 2.23 bits per heavy atom. The molecular weight excluding hydrogens is 284 g/mol. The van der Waals surface area contributed by atoms with Crippen LogP contribution in [0.25, 0.3) is 0 Å². The van der Waals surface area contributed by atoms with E-state index < -0.39 is 11.9 Å². The van der Waals surface area contributed by atoms with E-state index in [1.807, 2.05) is 6.92 Å². The molecule has 0 atom stereocenters. The van der Waals surface area contributed by atoms with Gasteiger partial charge in [0.15, 0.2) is 0 Å². The van der Waals surface area contributed by atoms with Crippen LogP contribution < -0.4 is 4.74 Å². The average Bonchev–Trinajstić information content (AvgIpc) is 2.54. The van der Waals surface area contributed by atoms with Crippen molar-refractivity contribution in [1.29, 1.82) is 0 Å². The molecule has 0 saturated carbocycles. The molecule has 5 nitrogen and oxygen atoms in total. The molecule has 0 heterocycles. The second kappa shape index (κ2) is 7.26. The van der Waals surface area contributed by atoms with E-state index in [-0.39, 0.29) is 17.7 Å². The van der Waals surface area contributed by atoms with Crippen LogP contribution in [-0.2, 0) is 11.3 Å². The highest BCUT2D eigenvalue weighted by Gasteiger charge is 2.16. The fourth-order valence-electron chi connectivity index (χ4n) is 1.92. The molecule has 0 aliphatic rings. The van der Waals surface area contributed by atoms with Crippen LogP contribution in [0.15, 0.2) is 48.5 Å². The first-order valence-electron chi connectivity index (χ1n) is 6.83. The van der Waals surface area contributed by atoms with Crippen LogP contribution in [0, 0.1) is 0 Å². The van der Waals surface area contributed by atoms with Gasteiger partial charge in [-0.1, -0.05) is 24.3 Å². The normalized spacial score (nSPS) is 10.0. The van der Waals surface area contributed by atoms with Crippen LogP contribution in [0.5, 0.6) is 5.75 Å². The van der Waals surface area contributed by atoms with Gasteiger partial charge in [-0.3, -0.25) is 0 Å². The van der Waals surface area contributed by atoms with Crippen molar-refractivity contribution in [3.05, 3.63) is 65.2 Å². The van der Waals surface area contributed by atoms with E-state index in [0.717, 1.165) is 11.3 Å². The monoisotopic (exact) mass is 300 g/mol. The van der Waals surface area contributed by atoms with Crippen molar-refractivity contribution >= 4 is 11.9 Å². The molecular formula is C17H16O5. The van der Waals surface area contributed by atoms with Gasteiger partial charge in [0.25, 0.3) is 0 Å². The maximum Gasteiger partial charge on any atom is 0.339 e. The number of hydrogen-bond acceptors (Lipinski definition) is 4. The Hall–Kier alpha value is -2.82. The zero-order valence-electron chi connectivity index (χ0n) is 12.1. The van der Waals surface area contributed by atoms with Crippen LogP contribution in [0.3, 0.4) is 0 Å². The lowest BCUT2D eigenvalue weighted by molar-refractivity contribution is 0.0463. The van der Waals surface area contributed by atoms with Gasteiger partial charge in [-0.15, -0.1) is 0 Å². The first-order valence-corrected chi connectivity index (χ1v) is 6.83. The van der Waals surface area contributed by atoms with Crippen molar-refractivity contribution in [2.45, 2.75) is 13.5 Å². The van der Waals surface area contributed by atoms with Crippen molar-refractivity contribution in [3.63, 3.8) is 0 Å². The highest BCUT2D eigenvalue weighted by molar-refractivity contribution is 6.02. The largest absolute Gasteiger partial charge is 0.494 e. The number of esters is 1. The van der Waals surface area contributed by atoms with E-state index in [0.29, 0.717) is 6.61 Å². The van der Waals surface area contributed by atoms with Crippen LogP contribution in [0.1, 0.15) is 33.2 Å². The second-order valence-corrected chi connectivity index (χ2v) is 4.50. The summed E-state index contributed by atoms with van der Waals surface area (Å²) >= 11 is 0. The number of ether oxygens (including phenoxy) is 2. The number of carboxylic acids is 1. The summed E-state index contributed by atoms with van der Waals surface area (Å²) in [6, 6.07) is 13.1. The second-order valence-electron chi connectivity index (χ2n) is 4.50. The van der Waals surface area contributed by atoms with Crippen molar-refractivity contribution < 1.29 is 24.2 Å². The van der Waals surface area contributed by atoms with E-state index >= 15 is 0 Å². The molecule has 2 aromatic carbocycles. The van der Waals surface area contributed by atoms with Gasteiger partial charge >= 0.3 is 11.9 Å².